The van der Waals surface area contributed by atoms with E-state index in [9.17, 15) is 0 Å². The standard InChI is InChI=1S/C17H18N2O2/c1-20-9-10-21-17-4-2-3-16(11-17)19-13-15-7-5-14(12-18)6-8-15/h2-8,11,19H,9-10,13H2,1H3. The fraction of sp³-hybridized carbons (Fsp3) is 0.235. The van der Waals surface area contributed by atoms with E-state index in [0.717, 1.165) is 17.0 Å². The molecule has 0 bridgehead atoms. The molecule has 2 aromatic rings. The van der Waals surface area contributed by atoms with E-state index in [0.29, 0.717) is 25.3 Å². The van der Waals surface area contributed by atoms with Crippen molar-refractivity contribution in [3.05, 3.63) is 59.7 Å². The minimum absolute atomic E-state index is 0.537. The quantitative estimate of drug-likeness (QED) is 0.792. The Hall–Kier alpha value is -2.51. The summed E-state index contributed by atoms with van der Waals surface area (Å²) in [5.74, 6) is 0.817. The van der Waals surface area contributed by atoms with Gasteiger partial charge in [-0.3, -0.25) is 0 Å². The molecule has 0 saturated heterocycles. The van der Waals surface area contributed by atoms with Gasteiger partial charge in [-0.1, -0.05) is 18.2 Å². The Bertz CT molecular complexity index is 603. The molecular weight excluding hydrogens is 264 g/mol. The van der Waals surface area contributed by atoms with Crippen molar-refractivity contribution in [1.29, 1.82) is 5.26 Å². The highest BCUT2D eigenvalue weighted by Gasteiger charge is 1.98. The number of nitriles is 1. The van der Waals surface area contributed by atoms with E-state index in [1.807, 2.05) is 48.5 Å². The summed E-state index contributed by atoms with van der Waals surface area (Å²) in [6, 6.07) is 17.5. The van der Waals surface area contributed by atoms with Crippen LogP contribution in [-0.4, -0.2) is 20.3 Å². The van der Waals surface area contributed by atoms with Crippen LogP contribution in [0.5, 0.6) is 5.75 Å². The van der Waals surface area contributed by atoms with Crippen LogP contribution in [-0.2, 0) is 11.3 Å². The first kappa shape index (κ1) is 14.9. The van der Waals surface area contributed by atoms with Crippen molar-refractivity contribution in [3.63, 3.8) is 0 Å². The van der Waals surface area contributed by atoms with Crippen LogP contribution in [0.4, 0.5) is 5.69 Å². The van der Waals surface area contributed by atoms with E-state index in [4.69, 9.17) is 14.7 Å². The van der Waals surface area contributed by atoms with Gasteiger partial charge in [0.25, 0.3) is 0 Å². The summed E-state index contributed by atoms with van der Waals surface area (Å²) in [5, 5.41) is 12.1. The highest BCUT2D eigenvalue weighted by molar-refractivity contribution is 5.48. The van der Waals surface area contributed by atoms with Crippen molar-refractivity contribution >= 4 is 5.69 Å². The van der Waals surface area contributed by atoms with Gasteiger partial charge >= 0.3 is 0 Å². The second kappa shape index (κ2) is 7.93. The van der Waals surface area contributed by atoms with Gasteiger partial charge in [-0.05, 0) is 29.8 Å². The number of nitrogens with one attached hydrogen (secondary N) is 1. The summed E-state index contributed by atoms with van der Waals surface area (Å²) in [4.78, 5) is 0. The lowest BCUT2D eigenvalue weighted by Gasteiger charge is -2.10. The maximum absolute atomic E-state index is 8.77. The molecule has 2 aromatic carbocycles. The van der Waals surface area contributed by atoms with Gasteiger partial charge in [0.2, 0.25) is 0 Å². The number of nitrogens with zero attached hydrogens (tertiary/aromatic N) is 1. The molecular formula is C17H18N2O2. The molecule has 0 atom stereocenters. The van der Waals surface area contributed by atoms with Crippen molar-refractivity contribution in [2.24, 2.45) is 0 Å². The molecule has 108 valence electrons. The summed E-state index contributed by atoms with van der Waals surface area (Å²) in [6.45, 7) is 1.81. The first-order valence-corrected chi connectivity index (χ1v) is 6.76. The Kier molecular flexibility index (Phi) is 5.62. The summed E-state index contributed by atoms with van der Waals surface area (Å²) >= 11 is 0. The van der Waals surface area contributed by atoms with Crippen LogP contribution in [0.2, 0.25) is 0 Å². The zero-order valence-electron chi connectivity index (χ0n) is 12.0. The lowest BCUT2D eigenvalue weighted by atomic mass is 10.1. The number of hydrogen-bond donors (Lipinski definition) is 1. The number of ether oxygens (including phenoxy) is 2. The molecule has 0 unspecified atom stereocenters. The molecule has 0 heterocycles. The topological polar surface area (TPSA) is 54.3 Å². The van der Waals surface area contributed by atoms with Gasteiger partial charge in [0.05, 0.1) is 18.2 Å². The minimum atomic E-state index is 0.537. The molecule has 2 rings (SSSR count). The first-order valence-electron chi connectivity index (χ1n) is 6.76. The maximum Gasteiger partial charge on any atom is 0.121 e. The maximum atomic E-state index is 8.77. The van der Waals surface area contributed by atoms with E-state index < -0.39 is 0 Å². The third-order valence-corrected chi connectivity index (χ3v) is 2.97. The average Bonchev–Trinajstić information content (AvgIpc) is 2.54. The smallest absolute Gasteiger partial charge is 0.121 e. The predicted octanol–water partition coefficient (Wildman–Crippen LogP) is 3.20. The number of hydrogen-bond acceptors (Lipinski definition) is 4. The van der Waals surface area contributed by atoms with Crippen LogP contribution in [0.1, 0.15) is 11.1 Å². The lowest BCUT2D eigenvalue weighted by Crippen LogP contribution is -2.05. The normalized spacial score (nSPS) is 9.90. The molecule has 0 aliphatic heterocycles. The van der Waals surface area contributed by atoms with E-state index in [1.165, 1.54) is 0 Å². The molecule has 0 radical (unpaired) electrons. The van der Waals surface area contributed by atoms with Crippen molar-refractivity contribution in [1.82, 2.24) is 0 Å². The van der Waals surface area contributed by atoms with Gasteiger partial charge in [-0.25, -0.2) is 0 Å². The molecule has 4 heteroatoms. The van der Waals surface area contributed by atoms with Crippen molar-refractivity contribution in [3.8, 4) is 11.8 Å². The van der Waals surface area contributed by atoms with Crippen LogP contribution in [0, 0.1) is 11.3 Å². The van der Waals surface area contributed by atoms with E-state index >= 15 is 0 Å². The van der Waals surface area contributed by atoms with Crippen LogP contribution in [0.15, 0.2) is 48.5 Å². The SMILES string of the molecule is COCCOc1cccc(NCc2ccc(C#N)cc2)c1. The van der Waals surface area contributed by atoms with Gasteiger partial charge in [-0.15, -0.1) is 0 Å². The Morgan fingerprint density at radius 3 is 2.62 bits per heavy atom. The van der Waals surface area contributed by atoms with Crippen LogP contribution < -0.4 is 10.1 Å². The van der Waals surface area contributed by atoms with E-state index in [2.05, 4.69) is 11.4 Å². The minimum Gasteiger partial charge on any atom is -0.491 e. The zero-order valence-corrected chi connectivity index (χ0v) is 12.0. The largest absolute Gasteiger partial charge is 0.491 e. The number of benzene rings is 2. The molecule has 4 nitrogen and oxygen atoms in total. The summed E-state index contributed by atoms with van der Waals surface area (Å²) in [7, 11) is 1.65. The predicted molar refractivity (Wildman–Crippen MR) is 82.3 cm³/mol. The monoisotopic (exact) mass is 282 g/mol. The fourth-order valence-electron chi connectivity index (χ4n) is 1.84. The summed E-state index contributed by atoms with van der Waals surface area (Å²) in [6.07, 6.45) is 0. The molecule has 0 saturated carbocycles. The second-order valence-corrected chi connectivity index (χ2v) is 4.53. The number of rotatable bonds is 7. The van der Waals surface area contributed by atoms with Crippen molar-refractivity contribution in [2.75, 3.05) is 25.6 Å². The van der Waals surface area contributed by atoms with Gasteiger partial charge in [0.15, 0.2) is 0 Å². The third kappa shape index (κ3) is 4.83. The van der Waals surface area contributed by atoms with Gasteiger partial charge in [0.1, 0.15) is 12.4 Å². The van der Waals surface area contributed by atoms with Crippen molar-refractivity contribution in [2.45, 2.75) is 6.54 Å². The Labute approximate surface area is 124 Å². The molecule has 0 fully saturated rings. The average molecular weight is 282 g/mol. The molecule has 21 heavy (non-hydrogen) atoms. The molecule has 0 aliphatic carbocycles. The number of methoxy groups -OCH3 is 1. The summed E-state index contributed by atoms with van der Waals surface area (Å²) < 4.78 is 10.5. The van der Waals surface area contributed by atoms with Crippen LogP contribution in [0.3, 0.4) is 0 Å². The molecule has 0 spiro atoms. The number of anilines is 1. The fourth-order valence-corrected chi connectivity index (χ4v) is 1.84. The highest BCUT2D eigenvalue weighted by Crippen LogP contribution is 2.18. The van der Waals surface area contributed by atoms with E-state index in [1.54, 1.807) is 7.11 Å². The Morgan fingerprint density at radius 1 is 1.10 bits per heavy atom. The molecule has 0 amide bonds. The van der Waals surface area contributed by atoms with Crippen molar-refractivity contribution < 1.29 is 9.47 Å². The first-order chi connectivity index (χ1) is 10.3. The highest BCUT2D eigenvalue weighted by atomic mass is 16.5. The second-order valence-electron chi connectivity index (χ2n) is 4.53. The molecule has 1 N–H and O–H groups in total. The van der Waals surface area contributed by atoms with Crippen LogP contribution >= 0.6 is 0 Å². The summed E-state index contributed by atoms with van der Waals surface area (Å²) in [5.41, 5.74) is 2.79. The van der Waals surface area contributed by atoms with Gasteiger partial charge in [0, 0.05) is 25.4 Å². The van der Waals surface area contributed by atoms with Gasteiger partial charge in [-0.2, -0.15) is 5.26 Å². The Balaban J connectivity index is 1.90. The zero-order chi connectivity index (χ0) is 14.9. The third-order valence-electron chi connectivity index (χ3n) is 2.97. The van der Waals surface area contributed by atoms with E-state index in [-0.39, 0.29) is 0 Å². The Morgan fingerprint density at radius 2 is 1.90 bits per heavy atom. The van der Waals surface area contributed by atoms with Crippen LogP contribution in [0.25, 0.3) is 0 Å². The van der Waals surface area contributed by atoms with Gasteiger partial charge < -0.3 is 14.8 Å². The molecule has 0 aromatic heterocycles. The molecule has 0 aliphatic rings. The lowest BCUT2D eigenvalue weighted by molar-refractivity contribution is 0.146.